The first-order chi connectivity index (χ1) is 24.3. The molecule has 0 saturated carbocycles. The van der Waals surface area contributed by atoms with Crippen LogP contribution >= 0.6 is 0 Å². The molecule has 0 aliphatic carbocycles. The summed E-state index contributed by atoms with van der Waals surface area (Å²) in [7, 11) is 0. The van der Waals surface area contributed by atoms with Crippen molar-refractivity contribution >= 4 is 23.8 Å². The molecule has 4 N–H and O–H groups in total. The van der Waals surface area contributed by atoms with Crippen LogP contribution in [0.25, 0.3) is 0 Å². The van der Waals surface area contributed by atoms with Crippen LogP contribution < -0.4 is 10.6 Å². The lowest BCUT2D eigenvalue weighted by atomic mass is 10.0. The smallest absolute Gasteiger partial charge is 0.328 e. The first-order valence-corrected chi connectivity index (χ1v) is 19.9. The molecule has 0 aromatic rings. The lowest BCUT2D eigenvalue weighted by molar-refractivity contribution is -0.150. The van der Waals surface area contributed by atoms with Gasteiger partial charge in [0, 0.05) is 12.8 Å². The third-order valence-electron chi connectivity index (χ3n) is 8.62. The fourth-order valence-corrected chi connectivity index (χ4v) is 5.60. The van der Waals surface area contributed by atoms with E-state index in [2.05, 4.69) is 60.9 Å². The van der Waals surface area contributed by atoms with Crippen LogP contribution in [0.15, 0.2) is 36.5 Å². The van der Waals surface area contributed by atoms with Crippen molar-refractivity contribution in [3.05, 3.63) is 36.5 Å². The first-order valence-electron chi connectivity index (χ1n) is 19.9. The molecule has 288 valence electrons. The molecule has 0 aromatic heterocycles. The third-order valence-corrected chi connectivity index (χ3v) is 8.62. The molecule has 0 rings (SSSR count). The SMILES string of the molecule is CCCCCCC/C=C\C/C=C\C/C=C\CCCCCCCCCCC(=O)OC(CCC)CCCCCC(=O)NCC(=O)NC(CO)C(=O)O. The number of carboxylic acids is 1. The Balaban J connectivity index is 3.73. The van der Waals surface area contributed by atoms with Gasteiger partial charge < -0.3 is 25.6 Å². The van der Waals surface area contributed by atoms with Gasteiger partial charge in [0.2, 0.25) is 11.8 Å². The number of aliphatic carboxylic acids is 1. The Morgan fingerprint density at radius 1 is 0.600 bits per heavy atom. The highest BCUT2D eigenvalue weighted by molar-refractivity contribution is 5.87. The minimum atomic E-state index is -1.39. The summed E-state index contributed by atoms with van der Waals surface area (Å²) in [6.45, 7) is 3.27. The second-order valence-corrected chi connectivity index (χ2v) is 13.4. The minimum Gasteiger partial charge on any atom is -0.480 e. The molecule has 2 unspecified atom stereocenters. The molecule has 0 saturated heterocycles. The molecule has 50 heavy (non-hydrogen) atoms. The number of rotatable bonds is 35. The van der Waals surface area contributed by atoms with Gasteiger partial charge in [0.15, 0.2) is 0 Å². The number of carbonyl (C=O) groups is 4. The summed E-state index contributed by atoms with van der Waals surface area (Å²) in [4.78, 5) is 46.9. The van der Waals surface area contributed by atoms with Gasteiger partial charge >= 0.3 is 11.9 Å². The molecule has 0 radical (unpaired) electrons. The number of aliphatic hydroxyl groups is 1. The van der Waals surface area contributed by atoms with Crippen molar-refractivity contribution in [1.82, 2.24) is 10.6 Å². The van der Waals surface area contributed by atoms with Crippen LogP contribution in [0.4, 0.5) is 0 Å². The zero-order valence-electron chi connectivity index (χ0n) is 31.6. The van der Waals surface area contributed by atoms with E-state index in [0.29, 0.717) is 12.8 Å². The normalized spacial score (nSPS) is 12.9. The van der Waals surface area contributed by atoms with Crippen molar-refractivity contribution < 1.29 is 34.1 Å². The molecule has 0 heterocycles. The summed E-state index contributed by atoms with van der Waals surface area (Å²) in [5.41, 5.74) is 0. The molecule has 0 aromatic carbocycles. The molecule has 0 fully saturated rings. The number of allylic oxidation sites excluding steroid dienone is 6. The number of carboxylic acid groups (broad SMARTS) is 1. The van der Waals surface area contributed by atoms with Crippen LogP contribution in [0, 0.1) is 0 Å². The lowest BCUT2D eigenvalue weighted by Crippen LogP contribution is -2.47. The number of hydrogen-bond donors (Lipinski definition) is 4. The number of aliphatic hydroxyl groups excluding tert-OH is 1. The van der Waals surface area contributed by atoms with E-state index in [-0.39, 0.29) is 30.9 Å². The van der Waals surface area contributed by atoms with Gasteiger partial charge in [-0.2, -0.15) is 0 Å². The van der Waals surface area contributed by atoms with E-state index in [9.17, 15) is 19.2 Å². The fraction of sp³-hybridized carbons (Fsp3) is 0.756. The molecule has 0 aliphatic heterocycles. The van der Waals surface area contributed by atoms with Gasteiger partial charge in [-0.3, -0.25) is 14.4 Å². The number of unbranched alkanes of at least 4 members (excludes halogenated alkanes) is 15. The average molecular weight is 705 g/mol. The number of nitrogens with one attached hydrogen (secondary N) is 2. The van der Waals surface area contributed by atoms with Crippen molar-refractivity contribution in [2.24, 2.45) is 0 Å². The highest BCUT2D eigenvalue weighted by atomic mass is 16.5. The Kier molecular flexibility index (Phi) is 33.8. The lowest BCUT2D eigenvalue weighted by Gasteiger charge is -2.17. The van der Waals surface area contributed by atoms with Crippen LogP contribution in [-0.4, -0.2) is 59.3 Å². The van der Waals surface area contributed by atoms with E-state index in [0.717, 1.165) is 70.6 Å². The van der Waals surface area contributed by atoms with E-state index in [1.165, 1.54) is 70.6 Å². The summed E-state index contributed by atoms with van der Waals surface area (Å²) in [6.07, 6.45) is 39.8. The Bertz CT molecular complexity index is 947. The Hall–Kier alpha value is -2.94. The summed E-state index contributed by atoms with van der Waals surface area (Å²) in [5.74, 6) is -2.42. The van der Waals surface area contributed by atoms with Gasteiger partial charge in [-0.1, -0.05) is 127 Å². The Morgan fingerprint density at radius 2 is 1.12 bits per heavy atom. The second kappa shape index (κ2) is 35.9. The van der Waals surface area contributed by atoms with Gasteiger partial charge in [0.1, 0.15) is 12.1 Å². The van der Waals surface area contributed by atoms with E-state index in [1.807, 2.05) is 0 Å². The Labute approximate surface area is 304 Å². The predicted octanol–water partition coefficient (Wildman–Crippen LogP) is 9.04. The molecular formula is C41H72N2O7. The number of esters is 1. The predicted molar refractivity (Wildman–Crippen MR) is 204 cm³/mol. The molecule has 0 aliphatic rings. The van der Waals surface area contributed by atoms with Crippen LogP contribution in [0.2, 0.25) is 0 Å². The molecule has 0 bridgehead atoms. The van der Waals surface area contributed by atoms with E-state index in [4.69, 9.17) is 14.9 Å². The number of amides is 2. The second-order valence-electron chi connectivity index (χ2n) is 13.4. The van der Waals surface area contributed by atoms with Gasteiger partial charge in [-0.15, -0.1) is 0 Å². The topological polar surface area (TPSA) is 142 Å². The standard InChI is InChI=1S/C41H72N2O7/c1-3-5-6-7-8-9-10-11-12-13-14-15-16-17-18-19-20-21-22-23-24-25-29-33-40(47)50-36(30-4-2)31-27-26-28-32-38(45)42-34-39(46)43-37(35-44)41(48)49/h10-11,13-14,16-17,36-37,44H,3-9,12,15,18-35H2,1-2H3,(H,42,45)(H,43,46)(H,48,49)/b11-10-,14-13-,17-16-. The zero-order chi connectivity index (χ0) is 36.9. The van der Waals surface area contributed by atoms with Crippen molar-refractivity contribution in [1.29, 1.82) is 0 Å². The average Bonchev–Trinajstić information content (AvgIpc) is 3.09. The van der Waals surface area contributed by atoms with Crippen LogP contribution in [0.3, 0.4) is 0 Å². The largest absolute Gasteiger partial charge is 0.480 e. The van der Waals surface area contributed by atoms with Gasteiger partial charge in [0.05, 0.1) is 13.2 Å². The van der Waals surface area contributed by atoms with Gasteiger partial charge in [-0.25, -0.2) is 4.79 Å². The third kappa shape index (κ3) is 32.3. The fourth-order valence-electron chi connectivity index (χ4n) is 5.60. The molecule has 9 heteroatoms. The number of carbonyl (C=O) groups excluding carboxylic acids is 3. The van der Waals surface area contributed by atoms with Crippen molar-refractivity contribution in [3.8, 4) is 0 Å². The summed E-state index contributed by atoms with van der Waals surface area (Å²) in [5, 5.41) is 22.4. The minimum absolute atomic E-state index is 0.0907. The molecule has 2 amide bonds. The molecule has 9 nitrogen and oxygen atoms in total. The maximum absolute atomic E-state index is 12.4. The molecule has 2 atom stereocenters. The van der Waals surface area contributed by atoms with Crippen LogP contribution in [-0.2, 0) is 23.9 Å². The summed E-state index contributed by atoms with van der Waals surface area (Å²) >= 11 is 0. The van der Waals surface area contributed by atoms with Crippen LogP contribution in [0.1, 0.15) is 174 Å². The van der Waals surface area contributed by atoms with Gasteiger partial charge in [0.25, 0.3) is 0 Å². The summed E-state index contributed by atoms with van der Waals surface area (Å²) in [6, 6.07) is -1.39. The quantitative estimate of drug-likeness (QED) is 0.0293. The highest BCUT2D eigenvalue weighted by Gasteiger charge is 2.19. The maximum atomic E-state index is 12.4. The zero-order valence-corrected chi connectivity index (χ0v) is 31.6. The molecule has 0 spiro atoms. The van der Waals surface area contributed by atoms with E-state index < -0.39 is 24.5 Å². The molecular weight excluding hydrogens is 632 g/mol. The highest BCUT2D eigenvalue weighted by Crippen LogP contribution is 2.16. The first kappa shape index (κ1) is 47.1. The number of hydrogen-bond acceptors (Lipinski definition) is 6. The van der Waals surface area contributed by atoms with Gasteiger partial charge in [-0.05, 0) is 70.6 Å². The number of ether oxygens (including phenoxy) is 1. The monoisotopic (exact) mass is 705 g/mol. The Morgan fingerprint density at radius 3 is 1.68 bits per heavy atom. The van der Waals surface area contributed by atoms with Crippen molar-refractivity contribution in [2.75, 3.05) is 13.2 Å². The van der Waals surface area contributed by atoms with Crippen LogP contribution in [0.5, 0.6) is 0 Å². The van der Waals surface area contributed by atoms with E-state index >= 15 is 0 Å². The van der Waals surface area contributed by atoms with Crippen molar-refractivity contribution in [3.63, 3.8) is 0 Å². The van der Waals surface area contributed by atoms with Crippen molar-refractivity contribution in [2.45, 2.75) is 187 Å². The maximum Gasteiger partial charge on any atom is 0.328 e. The van der Waals surface area contributed by atoms with E-state index in [1.54, 1.807) is 0 Å². The summed E-state index contributed by atoms with van der Waals surface area (Å²) < 4.78 is 5.76.